The summed E-state index contributed by atoms with van der Waals surface area (Å²) in [4.78, 5) is 0. The minimum absolute atomic E-state index is 0.129. The summed E-state index contributed by atoms with van der Waals surface area (Å²) in [7, 11) is 0. The summed E-state index contributed by atoms with van der Waals surface area (Å²) in [5.74, 6) is -0.196. The second-order valence-electron chi connectivity index (χ2n) is 4.34. The van der Waals surface area contributed by atoms with Crippen molar-refractivity contribution in [2.24, 2.45) is 0 Å². The van der Waals surface area contributed by atoms with E-state index >= 15 is 0 Å². The molecule has 1 heterocycles. The van der Waals surface area contributed by atoms with Crippen LogP contribution >= 0.6 is 34.5 Å². The van der Waals surface area contributed by atoms with Gasteiger partial charge in [-0.3, -0.25) is 0 Å². The number of thiophene rings is 1. The molecule has 1 unspecified atom stereocenters. The van der Waals surface area contributed by atoms with E-state index in [2.05, 4.69) is 5.32 Å². The molecule has 1 atom stereocenters. The van der Waals surface area contributed by atoms with Crippen LogP contribution in [0.4, 0.5) is 4.39 Å². The Balaban J connectivity index is 1.87. The first kappa shape index (κ1) is 14.8. The summed E-state index contributed by atoms with van der Waals surface area (Å²) < 4.78 is 14.4. The van der Waals surface area contributed by atoms with Crippen LogP contribution in [0.2, 0.25) is 8.67 Å². The van der Waals surface area contributed by atoms with Crippen LogP contribution < -0.4 is 5.32 Å². The van der Waals surface area contributed by atoms with Crippen molar-refractivity contribution in [3.63, 3.8) is 0 Å². The number of nitrogens with one attached hydrogen (secondary N) is 1. The fraction of sp³-hybridized carbons (Fsp3) is 0.286. The van der Waals surface area contributed by atoms with Gasteiger partial charge in [0.05, 0.1) is 8.67 Å². The van der Waals surface area contributed by atoms with Gasteiger partial charge in [0, 0.05) is 6.04 Å². The Morgan fingerprint density at radius 2 is 2.11 bits per heavy atom. The minimum Gasteiger partial charge on any atom is -0.310 e. The van der Waals surface area contributed by atoms with E-state index in [0.717, 1.165) is 28.4 Å². The maximum atomic E-state index is 13.0. The normalized spacial score (nSPS) is 12.6. The molecule has 1 N–H and O–H groups in total. The molecule has 1 nitrogen and oxygen atoms in total. The van der Waals surface area contributed by atoms with E-state index < -0.39 is 0 Å². The number of hydrogen-bond donors (Lipinski definition) is 1. The van der Waals surface area contributed by atoms with E-state index in [-0.39, 0.29) is 11.9 Å². The van der Waals surface area contributed by atoms with Gasteiger partial charge in [-0.1, -0.05) is 35.3 Å². The third-order valence-corrected chi connectivity index (χ3v) is 4.42. The fourth-order valence-corrected chi connectivity index (χ4v) is 3.53. The second-order valence-corrected chi connectivity index (χ2v) is 6.62. The fourth-order valence-electron chi connectivity index (χ4n) is 1.88. The van der Waals surface area contributed by atoms with Crippen LogP contribution in [0.25, 0.3) is 0 Å². The molecule has 2 aromatic rings. The molecule has 1 aromatic heterocycles. The van der Waals surface area contributed by atoms with E-state index in [1.807, 2.05) is 19.1 Å². The number of halogens is 3. The molecule has 1 aromatic carbocycles. The lowest BCUT2D eigenvalue weighted by Gasteiger charge is -2.13. The molecule has 2 rings (SSSR count). The van der Waals surface area contributed by atoms with E-state index in [1.54, 1.807) is 12.1 Å². The summed E-state index contributed by atoms with van der Waals surface area (Å²) in [6.07, 6.45) is 0.775. The van der Waals surface area contributed by atoms with Crippen molar-refractivity contribution in [2.75, 3.05) is 6.54 Å². The van der Waals surface area contributed by atoms with Crippen molar-refractivity contribution < 1.29 is 4.39 Å². The van der Waals surface area contributed by atoms with Gasteiger partial charge in [0.15, 0.2) is 0 Å². The average molecular weight is 318 g/mol. The minimum atomic E-state index is -0.196. The Kier molecular flexibility index (Phi) is 5.22. The molecule has 0 saturated carbocycles. The largest absolute Gasteiger partial charge is 0.310 e. The zero-order valence-corrected chi connectivity index (χ0v) is 12.7. The van der Waals surface area contributed by atoms with Gasteiger partial charge < -0.3 is 5.32 Å². The molecule has 0 saturated heterocycles. The number of hydrogen-bond acceptors (Lipinski definition) is 2. The van der Waals surface area contributed by atoms with Gasteiger partial charge in [0.1, 0.15) is 5.82 Å². The van der Waals surface area contributed by atoms with Crippen molar-refractivity contribution in [2.45, 2.75) is 19.4 Å². The third-order valence-electron chi connectivity index (χ3n) is 2.90. The molecule has 0 aliphatic heterocycles. The summed E-state index contributed by atoms with van der Waals surface area (Å²) in [6.45, 7) is 2.80. The summed E-state index contributed by atoms with van der Waals surface area (Å²) >= 11 is 13.4. The topological polar surface area (TPSA) is 12.0 Å². The van der Waals surface area contributed by atoms with E-state index in [9.17, 15) is 4.39 Å². The maximum absolute atomic E-state index is 13.0. The molecular formula is C14H14Cl2FNS. The predicted octanol–water partition coefficient (Wildman–Crippen LogP) is 5.09. The van der Waals surface area contributed by atoms with Gasteiger partial charge in [-0.15, -0.1) is 11.3 Å². The van der Waals surface area contributed by atoms with Crippen LogP contribution in [0.5, 0.6) is 0 Å². The van der Waals surface area contributed by atoms with E-state index in [1.165, 1.54) is 17.4 Å². The van der Waals surface area contributed by atoms with Crippen molar-refractivity contribution >= 4 is 34.5 Å². The Hall–Kier alpha value is -0.610. The van der Waals surface area contributed by atoms with Gasteiger partial charge in [-0.25, -0.2) is 4.39 Å². The molecule has 0 spiro atoms. The van der Waals surface area contributed by atoms with Crippen LogP contribution in [0.1, 0.15) is 24.1 Å². The highest BCUT2D eigenvalue weighted by atomic mass is 35.5. The molecule has 0 radical (unpaired) electrons. The summed E-state index contributed by atoms with van der Waals surface area (Å²) in [5, 5.41) is 3.36. The maximum Gasteiger partial charge on any atom is 0.123 e. The Labute approximate surface area is 126 Å². The molecule has 0 aliphatic carbocycles. The Morgan fingerprint density at radius 3 is 2.74 bits per heavy atom. The van der Waals surface area contributed by atoms with Crippen LogP contribution in [0, 0.1) is 5.82 Å². The zero-order chi connectivity index (χ0) is 13.8. The Bertz CT molecular complexity index is 556. The van der Waals surface area contributed by atoms with Crippen molar-refractivity contribution in [3.8, 4) is 0 Å². The van der Waals surface area contributed by atoms with Crippen molar-refractivity contribution in [1.29, 1.82) is 0 Å². The van der Waals surface area contributed by atoms with Crippen molar-refractivity contribution in [1.82, 2.24) is 5.32 Å². The van der Waals surface area contributed by atoms with Crippen LogP contribution in [-0.4, -0.2) is 6.54 Å². The molecule has 0 fully saturated rings. The smallest absolute Gasteiger partial charge is 0.123 e. The standard InChI is InChI=1S/C14H14Cl2FNS/c1-9(12-8-13(15)19-14(12)16)18-6-5-10-3-2-4-11(17)7-10/h2-4,7-9,18H,5-6H2,1H3. The molecule has 5 heteroatoms. The van der Waals surface area contributed by atoms with E-state index in [4.69, 9.17) is 23.2 Å². The number of rotatable bonds is 5. The second kappa shape index (κ2) is 6.71. The molecule has 0 amide bonds. The highest BCUT2D eigenvalue weighted by Crippen LogP contribution is 2.34. The lowest BCUT2D eigenvalue weighted by molar-refractivity contribution is 0.576. The van der Waals surface area contributed by atoms with Gasteiger partial charge in [-0.2, -0.15) is 0 Å². The van der Waals surface area contributed by atoms with Gasteiger partial charge in [0.2, 0.25) is 0 Å². The highest BCUT2D eigenvalue weighted by molar-refractivity contribution is 7.20. The van der Waals surface area contributed by atoms with Gasteiger partial charge in [-0.05, 0) is 49.2 Å². The van der Waals surface area contributed by atoms with Crippen LogP contribution in [-0.2, 0) is 6.42 Å². The van der Waals surface area contributed by atoms with Gasteiger partial charge >= 0.3 is 0 Å². The van der Waals surface area contributed by atoms with Crippen molar-refractivity contribution in [3.05, 3.63) is 55.9 Å². The van der Waals surface area contributed by atoms with Gasteiger partial charge in [0.25, 0.3) is 0 Å². The predicted molar refractivity (Wildman–Crippen MR) is 80.9 cm³/mol. The summed E-state index contributed by atoms with van der Waals surface area (Å²) in [5.41, 5.74) is 1.99. The van der Waals surface area contributed by atoms with Crippen LogP contribution in [0.3, 0.4) is 0 Å². The number of benzene rings is 1. The zero-order valence-electron chi connectivity index (χ0n) is 10.4. The molecule has 0 bridgehead atoms. The first-order chi connectivity index (χ1) is 9.06. The average Bonchev–Trinajstić information content (AvgIpc) is 2.68. The SMILES string of the molecule is CC(NCCc1cccc(F)c1)c1cc(Cl)sc1Cl. The summed E-state index contributed by atoms with van der Waals surface area (Å²) in [6, 6.07) is 8.67. The quantitative estimate of drug-likeness (QED) is 0.810. The molecular weight excluding hydrogens is 304 g/mol. The Morgan fingerprint density at radius 1 is 1.32 bits per heavy atom. The lowest BCUT2D eigenvalue weighted by atomic mass is 10.1. The monoisotopic (exact) mass is 317 g/mol. The molecule has 19 heavy (non-hydrogen) atoms. The first-order valence-corrected chi connectivity index (χ1v) is 7.56. The molecule has 0 aliphatic rings. The third kappa shape index (κ3) is 4.18. The highest BCUT2D eigenvalue weighted by Gasteiger charge is 2.12. The van der Waals surface area contributed by atoms with E-state index in [0.29, 0.717) is 4.34 Å². The lowest BCUT2D eigenvalue weighted by Crippen LogP contribution is -2.21. The molecule has 102 valence electrons. The first-order valence-electron chi connectivity index (χ1n) is 5.99. The van der Waals surface area contributed by atoms with Crippen LogP contribution in [0.15, 0.2) is 30.3 Å².